The second kappa shape index (κ2) is 10.5. The normalized spacial score (nSPS) is 17.6. The zero-order valence-electron chi connectivity index (χ0n) is 19.3. The van der Waals surface area contributed by atoms with E-state index in [1.54, 1.807) is 24.3 Å². The summed E-state index contributed by atoms with van der Waals surface area (Å²) in [6, 6.07) is 10.1. The van der Waals surface area contributed by atoms with Gasteiger partial charge in [0.25, 0.3) is 11.7 Å². The van der Waals surface area contributed by atoms with Gasteiger partial charge in [0.05, 0.1) is 25.3 Å². The molecule has 176 valence electrons. The number of Topliss-reactive ketones (excluding diaryl/α,β-unsaturated/α-hetero) is 1. The predicted octanol–water partition coefficient (Wildman–Crippen LogP) is 3.61. The van der Waals surface area contributed by atoms with E-state index in [9.17, 15) is 19.1 Å². The number of aliphatic hydroxyl groups is 1. The van der Waals surface area contributed by atoms with Gasteiger partial charge < -0.3 is 24.4 Å². The Morgan fingerprint density at radius 2 is 1.85 bits per heavy atom. The molecule has 1 atom stereocenters. The molecule has 0 saturated carbocycles. The van der Waals surface area contributed by atoms with Crippen molar-refractivity contribution < 1.29 is 28.6 Å². The Kier molecular flexibility index (Phi) is 7.71. The summed E-state index contributed by atoms with van der Waals surface area (Å²) in [5, 5.41) is 11.0. The Balaban J connectivity index is 2.08. The van der Waals surface area contributed by atoms with Crippen LogP contribution in [0.2, 0.25) is 0 Å². The van der Waals surface area contributed by atoms with Gasteiger partial charge in [0.15, 0.2) is 11.6 Å². The van der Waals surface area contributed by atoms with Crippen molar-refractivity contribution in [3.8, 4) is 11.5 Å². The molecule has 1 heterocycles. The summed E-state index contributed by atoms with van der Waals surface area (Å²) in [5.74, 6) is -1.93. The van der Waals surface area contributed by atoms with Gasteiger partial charge in [-0.25, -0.2) is 4.39 Å². The van der Waals surface area contributed by atoms with E-state index in [0.717, 1.165) is 12.6 Å². The molecular formula is C25H29FN2O5. The molecule has 1 fully saturated rings. The number of hydrogen-bond acceptors (Lipinski definition) is 6. The van der Waals surface area contributed by atoms with Gasteiger partial charge in [-0.3, -0.25) is 9.59 Å². The van der Waals surface area contributed by atoms with E-state index in [0.29, 0.717) is 30.9 Å². The van der Waals surface area contributed by atoms with Crippen LogP contribution in [0.15, 0.2) is 48.0 Å². The van der Waals surface area contributed by atoms with E-state index < -0.39 is 29.3 Å². The van der Waals surface area contributed by atoms with E-state index in [1.165, 1.54) is 24.1 Å². The predicted molar refractivity (Wildman–Crippen MR) is 123 cm³/mol. The molecule has 8 heteroatoms. The molecule has 33 heavy (non-hydrogen) atoms. The molecule has 0 bridgehead atoms. The molecule has 1 amide bonds. The number of carbonyl (C=O) groups excluding carboxylic acids is 2. The molecule has 1 unspecified atom stereocenters. The fraction of sp³-hybridized carbons (Fsp3) is 0.360. The minimum absolute atomic E-state index is 0.0127. The molecule has 7 nitrogen and oxygen atoms in total. The van der Waals surface area contributed by atoms with Crippen LogP contribution in [0.3, 0.4) is 0 Å². The summed E-state index contributed by atoms with van der Waals surface area (Å²) < 4.78 is 24.7. The smallest absolute Gasteiger partial charge is 0.295 e. The van der Waals surface area contributed by atoms with Crippen molar-refractivity contribution in [2.75, 3.05) is 40.9 Å². The van der Waals surface area contributed by atoms with Crippen molar-refractivity contribution in [2.24, 2.45) is 0 Å². The average molecular weight is 457 g/mol. The van der Waals surface area contributed by atoms with Crippen LogP contribution in [-0.2, 0) is 9.59 Å². The number of aliphatic hydroxyl groups excluding tert-OH is 1. The highest BCUT2D eigenvalue weighted by Crippen LogP contribution is 2.40. The van der Waals surface area contributed by atoms with Gasteiger partial charge in [0, 0.05) is 12.1 Å². The number of benzene rings is 2. The summed E-state index contributed by atoms with van der Waals surface area (Å²) in [4.78, 5) is 29.4. The Morgan fingerprint density at radius 1 is 1.15 bits per heavy atom. The largest absolute Gasteiger partial charge is 0.507 e. The highest BCUT2D eigenvalue weighted by molar-refractivity contribution is 6.46. The number of amides is 1. The Bertz CT molecular complexity index is 1050. The maximum absolute atomic E-state index is 14.3. The van der Waals surface area contributed by atoms with Crippen LogP contribution < -0.4 is 9.47 Å². The Labute approximate surface area is 193 Å². The number of hydrogen-bond donors (Lipinski definition) is 1. The van der Waals surface area contributed by atoms with E-state index in [2.05, 4.69) is 0 Å². The minimum atomic E-state index is -0.799. The lowest BCUT2D eigenvalue weighted by Crippen LogP contribution is -2.32. The maximum atomic E-state index is 14.3. The third-order valence-corrected chi connectivity index (χ3v) is 5.48. The van der Waals surface area contributed by atoms with Crippen molar-refractivity contribution in [2.45, 2.75) is 19.4 Å². The molecule has 1 aliphatic heterocycles. The molecule has 0 aromatic heterocycles. The summed E-state index contributed by atoms with van der Waals surface area (Å²) in [5.41, 5.74) is 0.673. The van der Waals surface area contributed by atoms with Crippen LogP contribution in [0.5, 0.6) is 11.5 Å². The molecule has 1 N–H and O–H groups in total. The van der Waals surface area contributed by atoms with Crippen LogP contribution in [0, 0.1) is 5.82 Å². The fourth-order valence-corrected chi connectivity index (χ4v) is 3.90. The highest BCUT2D eigenvalue weighted by Gasteiger charge is 2.45. The fourth-order valence-electron chi connectivity index (χ4n) is 3.90. The van der Waals surface area contributed by atoms with Crippen molar-refractivity contribution in [3.05, 3.63) is 65.0 Å². The number of rotatable bonds is 9. The van der Waals surface area contributed by atoms with E-state index in [4.69, 9.17) is 9.47 Å². The Morgan fingerprint density at radius 3 is 2.42 bits per heavy atom. The van der Waals surface area contributed by atoms with Gasteiger partial charge in [-0.05, 0) is 69.9 Å². The second-order valence-electron chi connectivity index (χ2n) is 8.00. The molecule has 2 aromatic rings. The number of carbonyl (C=O) groups is 2. The number of nitrogens with zero attached hydrogens (tertiary/aromatic N) is 2. The van der Waals surface area contributed by atoms with Crippen molar-refractivity contribution >= 4 is 17.4 Å². The van der Waals surface area contributed by atoms with Gasteiger partial charge in [0.2, 0.25) is 0 Å². The van der Waals surface area contributed by atoms with Crippen molar-refractivity contribution in [1.29, 1.82) is 0 Å². The lowest BCUT2D eigenvalue weighted by molar-refractivity contribution is -0.139. The molecule has 0 radical (unpaired) electrons. The molecule has 1 saturated heterocycles. The van der Waals surface area contributed by atoms with Crippen LogP contribution >= 0.6 is 0 Å². The first-order valence-corrected chi connectivity index (χ1v) is 10.8. The first kappa shape index (κ1) is 24.3. The number of ketones is 1. The standard InChI is InChI=1S/C25H29FN2O5/c1-5-33-18-10-7-16(8-11-18)22-21(23(29)17-9-12-20(32-4)19(26)15-17)24(30)25(31)28(22)14-6-13-27(2)3/h7-12,15,22,29H,5-6,13-14H2,1-4H3/b23-21-. The number of ether oxygens (including phenoxy) is 2. The molecule has 2 aromatic carbocycles. The third-order valence-electron chi connectivity index (χ3n) is 5.48. The average Bonchev–Trinajstić information content (AvgIpc) is 3.04. The second-order valence-corrected chi connectivity index (χ2v) is 8.00. The minimum Gasteiger partial charge on any atom is -0.507 e. The quantitative estimate of drug-likeness (QED) is 0.353. The van der Waals surface area contributed by atoms with Gasteiger partial charge >= 0.3 is 0 Å². The first-order valence-electron chi connectivity index (χ1n) is 10.8. The summed E-state index contributed by atoms with van der Waals surface area (Å²) >= 11 is 0. The summed E-state index contributed by atoms with van der Waals surface area (Å²) in [6.07, 6.45) is 0.644. The first-order chi connectivity index (χ1) is 15.8. The number of methoxy groups -OCH3 is 1. The van der Waals surface area contributed by atoms with Crippen LogP contribution in [0.1, 0.15) is 30.5 Å². The highest BCUT2D eigenvalue weighted by atomic mass is 19.1. The molecule has 1 aliphatic rings. The third kappa shape index (κ3) is 5.17. The molecular weight excluding hydrogens is 427 g/mol. The lowest BCUT2D eigenvalue weighted by Gasteiger charge is -2.26. The van der Waals surface area contributed by atoms with Crippen molar-refractivity contribution in [1.82, 2.24) is 9.80 Å². The van der Waals surface area contributed by atoms with Gasteiger partial charge in [0.1, 0.15) is 11.5 Å². The SMILES string of the molecule is CCOc1ccc(C2/C(=C(/O)c3ccc(OC)c(F)c3)C(=O)C(=O)N2CCCN(C)C)cc1. The maximum Gasteiger partial charge on any atom is 0.295 e. The number of halogens is 1. The van der Waals surface area contributed by atoms with Crippen LogP contribution in [0.25, 0.3) is 5.76 Å². The zero-order valence-corrected chi connectivity index (χ0v) is 19.3. The van der Waals surface area contributed by atoms with E-state index >= 15 is 0 Å². The van der Waals surface area contributed by atoms with Gasteiger partial charge in [-0.1, -0.05) is 12.1 Å². The monoisotopic (exact) mass is 456 g/mol. The number of likely N-dealkylation sites (tertiary alicyclic amines) is 1. The van der Waals surface area contributed by atoms with Crippen LogP contribution in [-0.4, -0.2) is 67.5 Å². The summed E-state index contributed by atoms with van der Waals surface area (Å²) in [7, 11) is 5.19. The lowest BCUT2D eigenvalue weighted by atomic mass is 9.95. The Hall–Kier alpha value is -3.39. The molecule has 0 spiro atoms. The van der Waals surface area contributed by atoms with Crippen LogP contribution in [0.4, 0.5) is 4.39 Å². The summed E-state index contributed by atoms with van der Waals surface area (Å²) in [6.45, 7) is 3.43. The molecule has 3 rings (SSSR count). The zero-order chi connectivity index (χ0) is 24.1. The van der Waals surface area contributed by atoms with E-state index in [-0.39, 0.29) is 16.9 Å². The van der Waals surface area contributed by atoms with Gasteiger partial charge in [-0.2, -0.15) is 0 Å². The topological polar surface area (TPSA) is 79.3 Å². The molecule has 0 aliphatic carbocycles. The van der Waals surface area contributed by atoms with Gasteiger partial charge in [-0.15, -0.1) is 0 Å². The van der Waals surface area contributed by atoms with Crippen molar-refractivity contribution in [3.63, 3.8) is 0 Å². The van der Waals surface area contributed by atoms with E-state index in [1.807, 2.05) is 25.9 Å².